The van der Waals surface area contributed by atoms with E-state index in [4.69, 9.17) is 15.2 Å². The number of allylic oxidation sites excluding steroid dienone is 1. The molecule has 3 aliphatic heterocycles. The molecule has 0 saturated heterocycles. The van der Waals surface area contributed by atoms with Gasteiger partial charge in [-0.05, 0) is 45.6 Å². The number of ether oxygens (including phenoxy) is 2. The molecule has 0 aromatic heterocycles. The summed E-state index contributed by atoms with van der Waals surface area (Å²) < 4.78 is 10.8. The van der Waals surface area contributed by atoms with E-state index in [1.165, 1.54) is 0 Å². The lowest BCUT2D eigenvalue weighted by molar-refractivity contribution is -0.141. The molecule has 0 bridgehead atoms. The van der Waals surface area contributed by atoms with Crippen LogP contribution in [0.15, 0.2) is 41.0 Å². The Bertz CT molecular complexity index is 1090. The fraction of sp³-hybridized carbons (Fsp3) is 0.435. The zero-order valence-electron chi connectivity index (χ0n) is 17.8. The molecule has 156 valence electrons. The summed E-state index contributed by atoms with van der Waals surface area (Å²) in [7, 11) is 0. The molecule has 4 rings (SSSR count). The van der Waals surface area contributed by atoms with Gasteiger partial charge in [-0.15, -0.1) is 0 Å². The van der Waals surface area contributed by atoms with Gasteiger partial charge >= 0.3 is 5.97 Å². The van der Waals surface area contributed by atoms with E-state index in [0.717, 1.165) is 17.7 Å². The number of hydrogen-bond acceptors (Lipinski definition) is 6. The highest BCUT2D eigenvalue weighted by Crippen LogP contribution is 2.59. The zero-order valence-corrected chi connectivity index (χ0v) is 17.8. The maximum Gasteiger partial charge on any atom is 0.339 e. The maximum atomic E-state index is 14.2. The van der Waals surface area contributed by atoms with Gasteiger partial charge in [-0.25, -0.2) is 4.79 Å². The summed E-state index contributed by atoms with van der Waals surface area (Å²) in [5.74, 6) is -0.850. The van der Waals surface area contributed by atoms with E-state index in [0.29, 0.717) is 5.56 Å². The van der Waals surface area contributed by atoms with Gasteiger partial charge in [0.1, 0.15) is 23.0 Å². The first-order valence-electron chi connectivity index (χ1n) is 10.1. The largest absolute Gasteiger partial charge is 0.462 e. The number of carbonyl (C=O) groups excluding carboxylic acids is 2. The van der Waals surface area contributed by atoms with E-state index >= 15 is 0 Å². The molecule has 1 amide bonds. The van der Waals surface area contributed by atoms with Crippen molar-refractivity contribution < 1.29 is 19.1 Å². The quantitative estimate of drug-likeness (QED) is 0.755. The molecule has 7 heteroatoms. The van der Waals surface area contributed by atoms with Gasteiger partial charge in [0.15, 0.2) is 5.41 Å². The molecule has 0 fully saturated rings. The van der Waals surface area contributed by atoms with Crippen molar-refractivity contribution in [3.63, 3.8) is 0 Å². The molecule has 7 nitrogen and oxygen atoms in total. The second-order valence-electron chi connectivity index (χ2n) is 8.66. The number of amides is 1. The first-order chi connectivity index (χ1) is 14.1. The second-order valence-corrected chi connectivity index (χ2v) is 8.66. The Kier molecular flexibility index (Phi) is 4.25. The Balaban J connectivity index is 2.15. The molecule has 0 radical (unpaired) electrons. The normalized spacial score (nSPS) is 26.5. The van der Waals surface area contributed by atoms with Crippen molar-refractivity contribution in [3.8, 4) is 6.07 Å². The summed E-state index contributed by atoms with van der Waals surface area (Å²) in [6.45, 7) is 9.50. The summed E-state index contributed by atoms with van der Waals surface area (Å²) >= 11 is 0. The third-order valence-electron chi connectivity index (χ3n) is 6.36. The van der Waals surface area contributed by atoms with E-state index in [2.05, 4.69) is 13.0 Å². The van der Waals surface area contributed by atoms with Crippen LogP contribution in [-0.2, 0) is 24.5 Å². The van der Waals surface area contributed by atoms with Crippen LogP contribution in [0.4, 0.5) is 5.69 Å². The van der Waals surface area contributed by atoms with Crippen molar-refractivity contribution >= 4 is 17.6 Å². The summed E-state index contributed by atoms with van der Waals surface area (Å²) in [6, 6.07) is 7.73. The summed E-state index contributed by atoms with van der Waals surface area (Å²) in [5.41, 5.74) is 6.20. The molecule has 2 atom stereocenters. The number of benzene rings is 1. The summed E-state index contributed by atoms with van der Waals surface area (Å²) in [5, 5.41) is 10.1. The van der Waals surface area contributed by atoms with Crippen molar-refractivity contribution in [3.05, 3.63) is 52.1 Å². The second kappa shape index (κ2) is 6.36. The highest BCUT2D eigenvalue weighted by Gasteiger charge is 2.65. The Hall–Kier alpha value is -3.27. The summed E-state index contributed by atoms with van der Waals surface area (Å²) in [6.07, 6.45) is 0.750. The summed E-state index contributed by atoms with van der Waals surface area (Å²) in [4.78, 5) is 29.1. The third-order valence-corrected chi connectivity index (χ3v) is 6.36. The number of nitriles is 1. The Morgan fingerprint density at radius 1 is 1.43 bits per heavy atom. The van der Waals surface area contributed by atoms with Crippen LogP contribution >= 0.6 is 0 Å². The molecule has 2 N–H and O–H groups in total. The van der Waals surface area contributed by atoms with Gasteiger partial charge in [0.2, 0.25) is 11.8 Å². The number of para-hydroxylation sites is 1. The zero-order chi connectivity index (χ0) is 22.0. The standard InChI is InChI=1S/C23H25N3O4/c1-6-29-20(27)17-13(3)30-19(25)16(11-24)23(17)15-9-7-8-14-12(2)10-22(4,5)26(18(14)15)21(23)28/h7-9,12H,6,10,25H2,1-5H3/t12-,23-/m0/s1. The predicted molar refractivity (Wildman–Crippen MR) is 110 cm³/mol. The van der Waals surface area contributed by atoms with Crippen molar-refractivity contribution in [1.82, 2.24) is 0 Å². The molecular formula is C23H25N3O4. The van der Waals surface area contributed by atoms with Crippen LogP contribution in [0.3, 0.4) is 0 Å². The van der Waals surface area contributed by atoms with Gasteiger partial charge in [0, 0.05) is 11.1 Å². The minimum atomic E-state index is -1.68. The van der Waals surface area contributed by atoms with Crippen LogP contribution in [0.1, 0.15) is 58.1 Å². The van der Waals surface area contributed by atoms with E-state index in [-0.39, 0.29) is 41.2 Å². The van der Waals surface area contributed by atoms with E-state index in [1.54, 1.807) is 24.8 Å². The number of carbonyl (C=O) groups is 2. The number of esters is 1. The number of fused-ring (bicyclic) bond motifs is 1. The average molecular weight is 407 g/mol. The predicted octanol–water partition coefficient (Wildman–Crippen LogP) is 3.12. The van der Waals surface area contributed by atoms with Crippen LogP contribution in [0, 0.1) is 11.3 Å². The highest BCUT2D eigenvalue weighted by atomic mass is 16.5. The maximum absolute atomic E-state index is 14.2. The molecule has 0 unspecified atom stereocenters. The average Bonchev–Trinajstić information content (AvgIpc) is 2.91. The van der Waals surface area contributed by atoms with Crippen molar-refractivity contribution in [2.45, 2.75) is 57.9 Å². The number of nitrogens with zero attached hydrogens (tertiary/aromatic N) is 2. The Morgan fingerprint density at radius 3 is 2.77 bits per heavy atom. The molecule has 3 heterocycles. The Morgan fingerprint density at radius 2 is 2.13 bits per heavy atom. The van der Waals surface area contributed by atoms with Crippen molar-refractivity contribution in [1.29, 1.82) is 5.26 Å². The van der Waals surface area contributed by atoms with Gasteiger partial charge < -0.3 is 20.1 Å². The van der Waals surface area contributed by atoms with Gasteiger partial charge in [0.05, 0.1) is 12.3 Å². The fourth-order valence-corrected chi connectivity index (χ4v) is 5.39. The molecule has 1 aromatic carbocycles. The first-order valence-corrected chi connectivity index (χ1v) is 10.1. The lowest BCUT2D eigenvalue weighted by Crippen LogP contribution is -2.55. The number of anilines is 1. The minimum absolute atomic E-state index is 0.0198. The molecule has 1 aromatic rings. The Labute approximate surface area is 175 Å². The molecule has 1 spiro atoms. The third kappa shape index (κ3) is 2.25. The van der Waals surface area contributed by atoms with E-state index < -0.39 is 16.9 Å². The topological polar surface area (TPSA) is 106 Å². The number of nitrogens with two attached hydrogens (primary N) is 1. The van der Waals surface area contributed by atoms with Crippen LogP contribution in [0.25, 0.3) is 0 Å². The van der Waals surface area contributed by atoms with E-state index in [1.807, 2.05) is 26.0 Å². The molecule has 3 aliphatic rings. The van der Waals surface area contributed by atoms with Gasteiger partial charge in [-0.3, -0.25) is 4.79 Å². The molecule has 0 aliphatic carbocycles. The van der Waals surface area contributed by atoms with Crippen LogP contribution in [-0.4, -0.2) is 24.0 Å². The van der Waals surface area contributed by atoms with Crippen LogP contribution in [0.2, 0.25) is 0 Å². The SMILES string of the molecule is CCOC(=O)C1=C(C)OC(N)=C(C#N)[C@]12C(=O)N1c3c(cccc32)[C@@H](C)CC1(C)C. The molecule has 30 heavy (non-hydrogen) atoms. The monoisotopic (exact) mass is 407 g/mol. The lowest BCUT2D eigenvalue weighted by Gasteiger charge is -2.44. The minimum Gasteiger partial charge on any atom is -0.462 e. The van der Waals surface area contributed by atoms with E-state index in [9.17, 15) is 14.9 Å². The smallest absolute Gasteiger partial charge is 0.339 e. The van der Waals surface area contributed by atoms with Gasteiger partial charge in [-0.1, -0.05) is 25.1 Å². The van der Waals surface area contributed by atoms with Crippen molar-refractivity contribution in [2.75, 3.05) is 11.5 Å². The van der Waals surface area contributed by atoms with Crippen molar-refractivity contribution in [2.24, 2.45) is 5.73 Å². The molecule has 0 saturated carbocycles. The molecular weight excluding hydrogens is 382 g/mol. The highest BCUT2D eigenvalue weighted by molar-refractivity contribution is 6.20. The van der Waals surface area contributed by atoms with Crippen LogP contribution in [0.5, 0.6) is 0 Å². The van der Waals surface area contributed by atoms with Gasteiger partial charge in [0.25, 0.3) is 0 Å². The number of rotatable bonds is 2. The first kappa shape index (κ1) is 20.0. The van der Waals surface area contributed by atoms with Gasteiger partial charge in [-0.2, -0.15) is 5.26 Å². The number of hydrogen-bond donors (Lipinski definition) is 1. The van der Waals surface area contributed by atoms with Crippen LogP contribution < -0.4 is 10.6 Å². The lowest BCUT2D eigenvalue weighted by atomic mass is 9.68. The fourth-order valence-electron chi connectivity index (χ4n) is 5.39.